The monoisotopic (exact) mass is 425 g/mol. The zero-order valence-corrected chi connectivity index (χ0v) is 17.6. The van der Waals surface area contributed by atoms with Crippen LogP contribution < -0.4 is 0 Å². The number of halogens is 1. The number of amides is 2. The summed E-state index contributed by atoms with van der Waals surface area (Å²) in [6, 6.07) is 14.9. The van der Waals surface area contributed by atoms with Gasteiger partial charge in [-0.05, 0) is 29.8 Å². The van der Waals surface area contributed by atoms with Crippen LogP contribution in [0.1, 0.15) is 18.1 Å². The van der Waals surface area contributed by atoms with Gasteiger partial charge in [-0.2, -0.15) is 5.26 Å². The lowest BCUT2D eigenvalue weighted by molar-refractivity contribution is -0.135. The Labute approximate surface area is 179 Å². The van der Waals surface area contributed by atoms with Crippen molar-refractivity contribution in [1.82, 2.24) is 9.80 Å². The molecule has 0 atom stereocenters. The molecule has 3 rings (SSSR count). The Morgan fingerprint density at radius 1 is 1.07 bits per heavy atom. The summed E-state index contributed by atoms with van der Waals surface area (Å²) in [5, 5.41) is 9.74. The zero-order valence-electron chi connectivity index (χ0n) is 16.0. The van der Waals surface area contributed by atoms with Gasteiger partial charge in [0.1, 0.15) is 6.07 Å². The average molecular weight is 426 g/mol. The van der Waals surface area contributed by atoms with E-state index in [-0.39, 0.29) is 11.8 Å². The minimum atomic E-state index is -0.153. The Kier molecular flexibility index (Phi) is 6.63. The van der Waals surface area contributed by atoms with Gasteiger partial charge >= 0.3 is 0 Å². The van der Waals surface area contributed by atoms with Crippen LogP contribution in [0.2, 0.25) is 5.02 Å². The van der Waals surface area contributed by atoms with Crippen LogP contribution in [0.5, 0.6) is 0 Å². The van der Waals surface area contributed by atoms with E-state index in [0.29, 0.717) is 47.9 Å². The molecular weight excluding hydrogens is 406 g/mol. The number of piperazine rings is 1. The predicted octanol–water partition coefficient (Wildman–Crippen LogP) is 4.07. The van der Waals surface area contributed by atoms with Gasteiger partial charge in [-0.1, -0.05) is 48.1 Å². The van der Waals surface area contributed by atoms with Crippen molar-refractivity contribution in [2.75, 3.05) is 26.2 Å². The first-order chi connectivity index (χ1) is 13.9. The van der Waals surface area contributed by atoms with Crippen LogP contribution in [-0.2, 0) is 9.59 Å². The molecule has 1 aliphatic rings. The molecule has 0 spiro atoms. The molecule has 2 aromatic rings. The quantitative estimate of drug-likeness (QED) is 0.693. The number of rotatable bonds is 4. The van der Waals surface area contributed by atoms with Crippen LogP contribution in [0.25, 0.3) is 5.57 Å². The number of carbonyl (C=O) groups is 2. The van der Waals surface area contributed by atoms with Crippen molar-refractivity contribution in [2.24, 2.45) is 0 Å². The molecule has 0 unspecified atom stereocenters. The number of benzene rings is 2. The number of hydrogen-bond donors (Lipinski definition) is 0. The van der Waals surface area contributed by atoms with Crippen molar-refractivity contribution in [3.8, 4) is 6.07 Å². The Bertz CT molecular complexity index is 1010. The minimum absolute atomic E-state index is 0.0220. The van der Waals surface area contributed by atoms with Gasteiger partial charge in [-0.3, -0.25) is 9.59 Å². The lowest BCUT2D eigenvalue weighted by atomic mass is 10.1. The summed E-state index contributed by atoms with van der Waals surface area (Å²) in [5.74, 6) is -0.131. The second-order valence-electron chi connectivity index (χ2n) is 6.63. The molecule has 7 heteroatoms. The first-order valence-electron chi connectivity index (χ1n) is 9.11. The lowest BCUT2D eigenvalue weighted by Gasteiger charge is -2.34. The Morgan fingerprint density at radius 3 is 2.34 bits per heavy atom. The highest BCUT2D eigenvalue weighted by atomic mass is 35.5. The van der Waals surface area contributed by atoms with E-state index in [4.69, 9.17) is 11.6 Å². The summed E-state index contributed by atoms with van der Waals surface area (Å²) in [4.78, 5) is 29.3. The molecule has 0 saturated carbocycles. The highest BCUT2D eigenvalue weighted by Crippen LogP contribution is 2.36. The first-order valence-corrected chi connectivity index (χ1v) is 10.3. The molecule has 0 bridgehead atoms. The highest BCUT2D eigenvalue weighted by Gasteiger charge is 2.24. The fourth-order valence-electron chi connectivity index (χ4n) is 3.08. The van der Waals surface area contributed by atoms with Crippen molar-refractivity contribution >= 4 is 40.8 Å². The molecule has 0 aromatic heterocycles. The molecule has 0 aliphatic carbocycles. The van der Waals surface area contributed by atoms with Crippen LogP contribution in [0, 0.1) is 11.3 Å². The number of carbonyl (C=O) groups excluding carboxylic acids is 2. The molecule has 29 heavy (non-hydrogen) atoms. The van der Waals surface area contributed by atoms with Crippen LogP contribution >= 0.6 is 23.4 Å². The molecule has 2 aromatic carbocycles. The molecule has 0 radical (unpaired) electrons. The van der Waals surface area contributed by atoms with Crippen molar-refractivity contribution in [2.45, 2.75) is 16.7 Å². The largest absolute Gasteiger partial charge is 0.339 e. The Hall–Kier alpha value is -2.75. The lowest BCUT2D eigenvalue weighted by Crippen LogP contribution is -2.50. The van der Waals surface area contributed by atoms with Crippen LogP contribution in [-0.4, -0.2) is 47.8 Å². The van der Waals surface area contributed by atoms with E-state index in [0.717, 1.165) is 9.79 Å². The maximum Gasteiger partial charge on any atom is 0.253 e. The van der Waals surface area contributed by atoms with E-state index in [9.17, 15) is 14.9 Å². The molecule has 1 fully saturated rings. The number of hydrogen-bond acceptors (Lipinski definition) is 4. The van der Waals surface area contributed by atoms with E-state index >= 15 is 0 Å². The van der Waals surface area contributed by atoms with Crippen LogP contribution in [0.15, 0.2) is 58.8 Å². The molecule has 0 N–H and O–H groups in total. The van der Waals surface area contributed by atoms with Gasteiger partial charge in [0, 0.05) is 48.5 Å². The SMILES string of the molecule is C=C(C(=O)N1CCN(C(C)=O)CC1)c1ccc(Sc2ccccc2C#N)c(Cl)c1. The van der Waals surface area contributed by atoms with E-state index in [1.807, 2.05) is 30.3 Å². The van der Waals surface area contributed by atoms with Gasteiger partial charge in [0.15, 0.2) is 0 Å². The van der Waals surface area contributed by atoms with Crippen LogP contribution in [0.4, 0.5) is 0 Å². The van der Waals surface area contributed by atoms with Crippen LogP contribution in [0.3, 0.4) is 0 Å². The van der Waals surface area contributed by atoms with Gasteiger partial charge < -0.3 is 9.80 Å². The Morgan fingerprint density at radius 2 is 1.72 bits per heavy atom. The molecule has 1 heterocycles. The topological polar surface area (TPSA) is 64.4 Å². The second kappa shape index (κ2) is 9.17. The summed E-state index contributed by atoms with van der Waals surface area (Å²) in [6.07, 6.45) is 0. The summed E-state index contributed by atoms with van der Waals surface area (Å²) >= 11 is 7.86. The second-order valence-corrected chi connectivity index (χ2v) is 8.12. The summed E-state index contributed by atoms with van der Waals surface area (Å²) in [7, 11) is 0. The standard InChI is InChI=1S/C22H20ClN3O2S/c1-15(22(28)26-11-9-25(10-12-26)16(2)27)17-7-8-21(19(23)13-17)29-20-6-4-3-5-18(20)14-24/h3-8,13H,1,9-12H2,2H3. The highest BCUT2D eigenvalue weighted by molar-refractivity contribution is 7.99. The maximum absolute atomic E-state index is 12.8. The number of nitrogens with zero attached hydrogens (tertiary/aromatic N) is 3. The average Bonchev–Trinajstić information content (AvgIpc) is 2.74. The third-order valence-corrected chi connectivity index (χ3v) is 6.35. The van der Waals surface area contributed by atoms with Crippen molar-refractivity contribution in [3.05, 3.63) is 65.2 Å². The zero-order chi connectivity index (χ0) is 21.0. The molecule has 2 amide bonds. The van der Waals surface area contributed by atoms with E-state index in [1.165, 1.54) is 18.7 Å². The van der Waals surface area contributed by atoms with Crippen molar-refractivity contribution < 1.29 is 9.59 Å². The van der Waals surface area contributed by atoms with Gasteiger partial charge in [-0.25, -0.2) is 0 Å². The molecule has 1 aliphatic heterocycles. The van der Waals surface area contributed by atoms with Gasteiger partial charge in [0.2, 0.25) is 5.91 Å². The fraction of sp³-hybridized carbons (Fsp3) is 0.227. The third-order valence-electron chi connectivity index (χ3n) is 4.78. The van der Waals surface area contributed by atoms with E-state index in [2.05, 4.69) is 12.6 Å². The molecule has 5 nitrogen and oxygen atoms in total. The molecule has 148 valence electrons. The summed E-state index contributed by atoms with van der Waals surface area (Å²) < 4.78 is 0. The van der Waals surface area contributed by atoms with Gasteiger partial charge in [0.05, 0.1) is 10.6 Å². The summed E-state index contributed by atoms with van der Waals surface area (Å²) in [5.41, 5.74) is 1.62. The normalized spacial score (nSPS) is 13.7. The van der Waals surface area contributed by atoms with Crippen molar-refractivity contribution in [3.63, 3.8) is 0 Å². The number of nitriles is 1. The first kappa shape index (κ1) is 21.0. The molecular formula is C22H20ClN3O2S. The van der Waals surface area contributed by atoms with E-state index < -0.39 is 0 Å². The predicted molar refractivity (Wildman–Crippen MR) is 115 cm³/mol. The van der Waals surface area contributed by atoms with E-state index in [1.54, 1.807) is 21.9 Å². The van der Waals surface area contributed by atoms with Gasteiger partial charge in [-0.15, -0.1) is 0 Å². The minimum Gasteiger partial charge on any atom is -0.339 e. The fourth-order valence-corrected chi connectivity index (χ4v) is 4.27. The smallest absolute Gasteiger partial charge is 0.253 e. The van der Waals surface area contributed by atoms with Crippen molar-refractivity contribution in [1.29, 1.82) is 5.26 Å². The Balaban J connectivity index is 1.71. The maximum atomic E-state index is 12.8. The molecule has 1 saturated heterocycles. The van der Waals surface area contributed by atoms with Gasteiger partial charge in [0.25, 0.3) is 5.91 Å². The third kappa shape index (κ3) is 4.81. The summed E-state index contributed by atoms with van der Waals surface area (Å²) in [6.45, 7) is 7.53.